The van der Waals surface area contributed by atoms with Gasteiger partial charge in [0.25, 0.3) is 0 Å². The first-order valence-corrected chi connectivity index (χ1v) is 11.1. The van der Waals surface area contributed by atoms with E-state index in [-0.39, 0.29) is 0 Å². The highest BCUT2D eigenvalue weighted by atomic mass is 32.2. The number of rotatable bonds is 5. The maximum Gasteiger partial charge on any atom is 0.157 e. The van der Waals surface area contributed by atoms with Crippen molar-refractivity contribution in [3.8, 4) is 0 Å². The second-order valence-electron chi connectivity index (χ2n) is 6.16. The van der Waals surface area contributed by atoms with Gasteiger partial charge in [0.1, 0.15) is 4.91 Å². The molecule has 0 saturated heterocycles. The standard InChI is InChI=1S/C13H12S.C12H12S/c1-3-7-12(8-4-1)11-14-13-9-5-2-6-10-13;1-3-7-11(8-4-1)13-12-9-5-2-6-10-12/h1-10H,11H2;1-5,7-9H,6,10H2/p+1. The molecule has 0 spiro atoms. The smallest absolute Gasteiger partial charge is 0.121 e. The summed E-state index contributed by atoms with van der Waals surface area (Å²) in [6, 6.07) is 31.7. The summed E-state index contributed by atoms with van der Waals surface area (Å²) in [6.07, 6.45) is 9.04. The molecule has 27 heavy (non-hydrogen) atoms. The lowest BCUT2D eigenvalue weighted by molar-refractivity contribution is 1.02. The van der Waals surface area contributed by atoms with E-state index in [4.69, 9.17) is 0 Å². The van der Waals surface area contributed by atoms with E-state index in [1.54, 1.807) is 0 Å². The topological polar surface area (TPSA) is 0 Å². The maximum atomic E-state index is 2.23. The van der Waals surface area contributed by atoms with Gasteiger partial charge in [-0.2, -0.15) is 0 Å². The van der Waals surface area contributed by atoms with Gasteiger partial charge in [-0.15, -0.1) is 11.8 Å². The molecule has 0 fully saturated rings. The lowest BCUT2D eigenvalue weighted by Crippen LogP contribution is -1.90. The Morgan fingerprint density at radius 2 is 1.37 bits per heavy atom. The fourth-order valence-corrected chi connectivity index (χ4v) is 4.54. The zero-order valence-electron chi connectivity index (χ0n) is 15.4. The number of benzene rings is 3. The molecule has 0 bridgehead atoms. The molecule has 3 aromatic rings. The molecule has 1 aliphatic carbocycles. The fraction of sp³-hybridized carbons (Fsp3) is 0.120. The summed E-state index contributed by atoms with van der Waals surface area (Å²) >= 11 is 3.24. The molecular formula is C25H25S2+. The van der Waals surface area contributed by atoms with Crippen LogP contribution in [0.4, 0.5) is 0 Å². The summed E-state index contributed by atoms with van der Waals surface area (Å²) in [5.41, 5.74) is 1.38. The quantitative estimate of drug-likeness (QED) is 0.255. The van der Waals surface area contributed by atoms with Gasteiger partial charge in [0.05, 0.1) is 0 Å². The Labute approximate surface area is 171 Å². The van der Waals surface area contributed by atoms with Crippen LogP contribution in [0.5, 0.6) is 0 Å². The van der Waals surface area contributed by atoms with Crippen LogP contribution in [0, 0.1) is 0 Å². The zero-order chi connectivity index (χ0) is 18.6. The normalized spacial score (nSPS) is 12.7. The van der Waals surface area contributed by atoms with Crippen molar-refractivity contribution in [1.29, 1.82) is 0 Å². The average molecular weight is 390 g/mol. The Balaban J connectivity index is 0.000000156. The van der Waals surface area contributed by atoms with Crippen LogP contribution in [0.1, 0.15) is 18.4 Å². The number of hydrogen-bond acceptors (Lipinski definition) is 1. The van der Waals surface area contributed by atoms with Crippen LogP contribution in [0.25, 0.3) is 0 Å². The van der Waals surface area contributed by atoms with Crippen LogP contribution in [0.3, 0.4) is 0 Å². The van der Waals surface area contributed by atoms with Gasteiger partial charge in [-0.05, 0) is 42.3 Å². The minimum Gasteiger partial charge on any atom is -0.121 e. The third-order valence-electron chi connectivity index (χ3n) is 4.01. The molecule has 136 valence electrons. The fourth-order valence-electron chi connectivity index (χ4n) is 2.61. The van der Waals surface area contributed by atoms with Crippen molar-refractivity contribution < 1.29 is 0 Å². The third kappa shape index (κ3) is 7.54. The van der Waals surface area contributed by atoms with E-state index in [2.05, 4.69) is 103 Å². The Hall–Kier alpha value is -2.16. The number of thiol groups is 1. The van der Waals surface area contributed by atoms with Crippen LogP contribution in [0.15, 0.2) is 124 Å². The Kier molecular flexibility index (Phi) is 8.37. The van der Waals surface area contributed by atoms with Crippen molar-refractivity contribution in [2.24, 2.45) is 0 Å². The van der Waals surface area contributed by atoms with Crippen LogP contribution in [0.2, 0.25) is 0 Å². The minimum absolute atomic E-state index is 1.05. The summed E-state index contributed by atoms with van der Waals surface area (Å²) in [6.45, 7) is 0. The van der Waals surface area contributed by atoms with Gasteiger partial charge in [0, 0.05) is 28.8 Å². The first kappa shape index (κ1) is 19.6. The molecular weight excluding hydrogens is 364 g/mol. The molecule has 4 rings (SSSR count). The highest BCUT2D eigenvalue weighted by Gasteiger charge is 2.10. The molecule has 3 aromatic carbocycles. The molecule has 0 radical (unpaired) electrons. The molecule has 0 N–H and O–H groups in total. The molecule has 0 saturated carbocycles. The molecule has 0 amide bonds. The Bertz CT molecular complexity index is 798. The molecule has 1 aliphatic rings. The number of hydrogen-bond donors (Lipinski definition) is 0. The van der Waals surface area contributed by atoms with Gasteiger partial charge in [-0.3, -0.25) is 0 Å². The summed E-state index contributed by atoms with van der Waals surface area (Å²) < 4.78 is 0. The van der Waals surface area contributed by atoms with Crippen molar-refractivity contribution in [2.75, 3.05) is 0 Å². The van der Waals surface area contributed by atoms with Crippen LogP contribution < -0.4 is 0 Å². The second-order valence-corrected chi connectivity index (χ2v) is 8.52. The maximum absolute atomic E-state index is 2.23. The predicted octanol–water partition coefficient (Wildman–Crippen LogP) is 7.07. The monoisotopic (exact) mass is 389 g/mol. The van der Waals surface area contributed by atoms with Crippen molar-refractivity contribution in [3.05, 3.63) is 120 Å². The highest BCUT2D eigenvalue weighted by molar-refractivity contribution is 7.98. The van der Waals surface area contributed by atoms with E-state index in [0.717, 1.165) is 5.75 Å². The second kappa shape index (κ2) is 11.5. The summed E-state index contributed by atoms with van der Waals surface area (Å²) in [5, 5.41) is 0. The van der Waals surface area contributed by atoms with Gasteiger partial charge >= 0.3 is 0 Å². The largest absolute Gasteiger partial charge is 0.157 e. The first-order chi connectivity index (χ1) is 13.4. The molecule has 0 atom stereocenters. The number of allylic oxidation sites excluding steroid dienone is 4. The molecule has 0 heterocycles. The van der Waals surface area contributed by atoms with Crippen molar-refractivity contribution in [3.63, 3.8) is 0 Å². The van der Waals surface area contributed by atoms with Crippen molar-refractivity contribution >= 4 is 23.5 Å². The third-order valence-corrected chi connectivity index (χ3v) is 6.31. The predicted molar refractivity (Wildman–Crippen MR) is 122 cm³/mol. The van der Waals surface area contributed by atoms with Gasteiger partial charge in [-0.1, -0.05) is 78.9 Å². The summed E-state index contributed by atoms with van der Waals surface area (Å²) in [7, 11) is 0. The van der Waals surface area contributed by atoms with Gasteiger partial charge < -0.3 is 0 Å². The minimum atomic E-state index is 1.05. The van der Waals surface area contributed by atoms with Crippen LogP contribution >= 0.6 is 11.8 Å². The lowest BCUT2D eigenvalue weighted by atomic mass is 10.2. The van der Waals surface area contributed by atoms with E-state index >= 15 is 0 Å². The van der Waals surface area contributed by atoms with E-state index in [1.807, 2.05) is 17.8 Å². The lowest BCUT2D eigenvalue weighted by Gasteiger charge is -2.00. The summed E-state index contributed by atoms with van der Waals surface area (Å²) in [5.74, 6) is 1.05. The van der Waals surface area contributed by atoms with E-state index in [1.165, 1.54) is 44.9 Å². The van der Waals surface area contributed by atoms with E-state index in [0.29, 0.717) is 0 Å². The van der Waals surface area contributed by atoms with E-state index < -0.39 is 0 Å². The molecule has 0 unspecified atom stereocenters. The van der Waals surface area contributed by atoms with Crippen molar-refractivity contribution in [1.82, 2.24) is 0 Å². The van der Waals surface area contributed by atoms with Crippen LogP contribution in [-0.2, 0) is 17.5 Å². The van der Waals surface area contributed by atoms with Crippen molar-refractivity contribution in [2.45, 2.75) is 28.4 Å². The first-order valence-electron chi connectivity index (χ1n) is 9.24. The van der Waals surface area contributed by atoms with Gasteiger partial charge in [-0.25, -0.2) is 0 Å². The van der Waals surface area contributed by atoms with Gasteiger partial charge in [0.15, 0.2) is 4.90 Å². The Morgan fingerprint density at radius 1 is 0.741 bits per heavy atom. The Morgan fingerprint density at radius 3 is 2.00 bits per heavy atom. The highest BCUT2D eigenvalue weighted by Crippen LogP contribution is 2.21. The van der Waals surface area contributed by atoms with Crippen LogP contribution in [-0.4, -0.2) is 0 Å². The average Bonchev–Trinajstić information content (AvgIpc) is 2.76. The summed E-state index contributed by atoms with van der Waals surface area (Å²) in [4.78, 5) is 4.24. The number of thioether (sulfide) groups is 1. The molecule has 2 heteroatoms. The molecule has 0 aliphatic heterocycles. The van der Waals surface area contributed by atoms with E-state index in [9.17, 15) is 0 Å². The molecule has 0 nitrogen and oxygen atoms in total. The van der Waals surface area contributed by atoms with Gasteiger partial charge in [0.2, 0.25) is 0 Å². The zero-order valence-corrected chi connectivity index (χ0v) is 17.1. The molecule has 0 aromatic heterocycles. The SMILES string of the molecule is C1=CCCC([SH+]c2ccccc2)=C1.c1ccc(CSc2ccccc2)cc1.